The summed E-state index contributed by atoms with van der Waals surface area (Å²) < 4.78 is 5.46. The number of amides is 1. The van der Waals surface area contributed by atoms with Crippen molar-refractivity contribution in [3.05, 3.63) is 29.8 Å². The van der Waals surface area contributed by atoms with E-state index in [4.69, 9.17) is 28.1 Å². The molecule has 0 fully saturated rings. The first kappa shape index (κ1) is 14.5. The van der Waals surface area contributed by atoms with Crippen LogP contribution in [0.15, 0.2) is 33.9 Å². The van der Waals surface area contributed by atoms with Gasteiger partial charge in [0.15, 0.2) is 0 Å². The van der Waals surface area contributed by atoms with E-state index in [0.717, 1.165) is 22.9 Å². The van der Waals surface area contributed by atoms with Crippen molar-refractivity contribution in [3.63, 3.8) is 0 Å². The second kappa shape index (κ2) is 6.02. The predicted molar refractivity (Wildman–Crippen MR) is 80.1 cm³/mol. The van der Waals surface area contributed by atoms with Crippen molar-refractivity contribution in [2.75, 3.05) is 0 Å². The molecule has 4 N–H and O–H groups in total. The average Bonchev–Trinajstić information content (AvgIpc) is 2.87. The third-order valence-corrected chi connectivity index (χ3v) is 3.69. The largest absolute Gasteiger partial charge is 0.411 e. The Morgan fingerprint density at radius 3 is 2.50 bits per heavy atom. The Bertz CT molecular complexity index is 639. The van der Waals surface area contributed by atoms with Gasteiger partial charge in [0, 0.05) is 11.1 Å². The Morgan fingerprint density at radius 2 is 1.95 bits per heavy atom. The molecule has 0 bridgehead atoms. The van der Waals surface area contributed by atoms with Crippen LogP contribution in [-0.4, -0.2) is 26.3 Å². The van der Waals surface area contributed by atoms with Gasteiger partial charge in [0.05, 0.1) is 5.25 Å². The topological polar surface area (TPSA) is 108 Å². The Balaban J connectivity index is 2.16. The van der Waals surface area contributed by atoms with E-state index in [-0.39, 0.29) is 0 Å². The lowest BCUT2D eigenvalue weighted by molar-refractivity contribution is -0.117. The van der Waals surface area contributed by atoms with E-state index in [0.29, 0.717) is 16.1 Å². The van der Waals surface area contributed by atoms with E-state index in [2.05, 4.69) is 10.2 Å². The van der Waals surface area contributed by atoms with Crippen LogP contribution in [0.2, 0.25) is 0 Å². The number of thiocarbonyl (C=S) groups is 1. The van der Waals surface area contributed by atoms with Crippen molar-refractivity contribution in [1.82, 2.24) is 10.2 Å². The molecule has 1 atom stereocenters. The molecule has 0 saturated carbocycles. The van der Waals surface area contributed by atoms with Gasteiger partial charge < -0.3 is 15.9 Å². The van der Waals surface area contributed by atoms with E-state index in [1.807, 2.05) is 0 Å². The smallest absolute Gasteiger partial charge is 0.277 e. The molecule has 1 amide bonds. The van der Waals surface area contributed by atoms with Gasteiger partial charge in [0.25, 0.3) is 5.22 Å². The zero-order valence-corrected chi connectivity index (χ0v) is 12.2. The maximum absolute atomic E-state index is 11.0. The monoisotopic (exact) mass is 308 g/mol. The van der Waals surface area contributed by atoms with Gasteiger partial charge in [0.2, 0.25) is 11.8 Å². The molecule has 0 saturated heterocycles. The van der Waals surface area contributed by atoms with Crippen molar-refractivity contribution in [2.24, 2.45) is 11.5 Å². The second-order valence-corrected chi connectivity index (χ2v) is 5.71. The first-order valence-corrected chi connectivity index (χ1v) is 6.96. The first-order valence-electron chi connectivity index (χ1n) is 5.67. The number of primary amides is 1. The summed E-state index contributed by atoms with van der Waals surface area (Å²) in [6, 6.07) is 7.13. The highest BCUT2D eigenvalue weighted by Gasteiger charge is 2.16. The molecule has 2 rings (SSSR count). The fraction of sp³-hybridized carbons (Fsp3) is 0.167. The number of nitrogens with zero attached hydrogens (tertiary/aromatic N) is 2. The summed E-state index contributed by atoms with van der Waals surface area (Å²) in [4.78, 5) is 11.3. The van der Waals surface area contributed by atoms with E-state index in [1.165, 1.54) is 0 Å². The average molecular weight is 308 g/mol. The quantitative estimate of drug-likeness (QED) is 0.633. The number of nitrogens with two attached hydrogens (primary N) is 2. The normalized spacial score (nSPS) is 12.1. The van der Waals surface area contributed by atoms with Crippen LogP contribution >= 0.6 is 24.0 Å². The highest BCUT2D eigenvalue weighted by molar-refractivity contribution is 8.00. The van der Waals surface area contributed by atoms with Gasteiger partial charge in [-0.05, 0) is 19.1 Å². The van der Waals surface area contributed by atoms with Crippen molar-refractivity contribution >= 4 is 34.9 Å². The third-order valence-electron chi connectivity index (χ3n) is 2.50. The van der Waals surface area contributed by atoms with Gasteiger partial charge in [-0.25, -0.2) is 0 Å². The molecule has 1 aromatic carbocycles. The summed E-state index contributed by atoms with van der Waals surface area (Å²) in [7, 11) is 0. The predicted octanol–water partition coefficient (Wildman–Crippen LogP) is 1.34. The SMILES string of the molecule is CC(Sc1nnc(-c2ccc(C(N)=S)cc2)o1)C(N)=O. The van der Waals surface area contributed by atoms with Gasteiger partial charge in [0.1, 0.15) is 4.99 Å². The molecule has 0 aliphatic carbocycles. The molecule has 1 aromatic heterocycles. The lowest BCUT2D eigenvalue weighted by atomic mass is 10.1. The number of aromatic nitrogens is 2. The molecule has 0 radical (unpaired) electrons. The minimum atomic E-state index is -0.435. The molecule has 2 aromatic rings. The summed E-state index contributed by atoms with van der Waals surface area (Å²) in [5, 5.41) is 7.65. The van der Waals surface area contributed by atoms with Gasteiger partial charge in [-0.1, -0.05) is 36.1 Å². The standard InChI is InChI=1S/C12H12N4O2S2/c1-6(9(13)17)20-12-16-15-11(18-12)8-4-2-7(3-5-8)10(14)19/h2-6H,1H3,(H2,13,17)(H2,14,19). The fourth-order valence-electron chi connectivity index (χ4n) is 1.36. The maximum atomic E-state index is 11.0. The number of benzene rings is 1. The van der Waals surface area contributed by atoms with Crippen LogP contribution < -0.4 is 11.5 Å². The molecule has 0 aliphatic heterocycles. The Labute approximate surface area is 124 Å². The summed E-state index contributed by atoms with van der Waals surface area (Å²) >= 11 is 6.00. The first-order chi connectivity index (χ1) is 9.47. The minimum absolute atomic E-state index is 0.296. The van der Waals surface area contributed by atoms with Gasteiger partial charge in [-0.15, -0.1) is 10.2 Å². The van der Waals surface area contributed by atoms with Crippen LogP contribution in [0.3, 0.4) is 0 Å². The molecule has 1 unspecified atom stereocenters. The zero-order valence-electron chi connectivity index (χ0n) is 10.6. The summed E-state index contributed by atoms with van der Waals surface area (Å²) in [6.07, 6.45) is 0. The lowest BCUT2D eigenvalue weighted by Gasteiger charge is -2.01. The lowest BCUT2D eigenvalue weighted by Crippen LogP contribution is -2.22. The van der Waals surface area contributed by atoms with Gasteiger partial charge in [-0.2, -0.15) is 0 Å². The number of hydrogen-bond acceptors (Lipinski definition) is 6. The molecular formula is C12H12N4O2S2. The molecule has 8 heteroatoms. The zero-order chi connectivity index (χ0) is 14.7. The molecule has 0 spiro atoms. The Hall–Kier alpha value is -1.93. The van der Waals surface area contributed by atoms with E-state index < -0.39 is 11.2 Å². The summed E-state index contributed by atoms with van der Waals surface area (Å²) in [5.41, 5.74) is 12.2. The third kappa shape index (κ3) is 3.34. The number of thioether (sulfide) groups is 1. The van der Waals surface area contributed by atoms with E-state index >= 15 is 0 Å². The highest BCUT2D eigenvalue weighted by Crippen LogP contribution is 2.26. The second-order valence-electron chi connectivity index (χ2n) is 3.98. The number of hydrogen-bond donors (Lipinski definition) is 2. The molecular weight excluding hydrogens is 296 g/mol. The van der Waals surface area contributed by atoms with Crippen LogP contribution in [0.1, 0.15) is 12.5 Å². The summed E-state index contributed by atoms with van der Waals surface area (Å²) in [5.74, 6) is -0.0748. The van der Waals surface area contributed by atoms with Crippen molar-refractivity contribution < 1.29 is 9.21 Å². The van der Waals surface area contributed by atoms with Crippen LogP contribution in [-0.2, 0) is 4.79 Å². The van der Waals surface area contributed by atoms with Crippen molar-refractivity contribution in [1.29, 1.82) is 0 Å². The minimum Gasteiger partial charge on any atom is -0.411 e. The maximum Gasteiger partial charge on any atom is 0.277 e. The van der Waals surface area contributed by atoms with Crippen molar-refractivity contribution in [2.45, 2.75) is 17.4 Å². The fourth-order valence-corrected chi connectivity index (χ4v) is 2.13. The number of carbonyl (C=O) groups is 1. The van der Waals surface area contributed by atoms with Crippen molar-refractivity contribution in [3.8, 4) is 11.5 Å². The van der Waals surface area contributed by atoms with E-state index in [9.17, 15) is 4.79 Å². The van der Waals surface area contributed by atoms with E-state index in [1.54, 1.807) is 31.2 Å². The molecule has 6 nitrogen and oxygen atoms in total. The molecule has 1 heterocycles. The number of carbonyl (C=O) groups excluding carboxylic acids is 1. The van der Waals surface area contributed by atoms with Crippen LogP contribution in [0, 0.1) is 0 Å². The summed E-state index contributed by atoms with van der Waals surface area (Å²) in [6.45, 7) is 1.67. The van der Waals surface area contributed by atoms with Crippen LogP contribution in [0.5, 0.6) is 0 Å². The molecule has 104 valence electrons. The highest BCUT2D eigenvalue weighted by atomic mass is 32.2. The van der Waals surface area contributed by atoms with Crippen LogP contribution in [0.25, 0.3) is 11.5 Å². The molecule has 0 aliphatic rings. The molecule has 20 heavy (non-hydrogen) atoms. The Kier molecular flexibility index (Phi) is 4.35. The van der Waals surface area contributed by atoms with Crippen LogP contribution in [0.4, 0.5) is 0 Å². The number of rotatable bonds is 5. The van der Waals surface area contributed by atoms with Gasteiger partial charge in [-0.3, -0.25) is 4.79 Å². The van der Waals surface area contributed by atoms with Gasteiger partial charge >= 0.3 is 0 Å². The Morgan fingerprint density at radius 1 is 1.30 bits per heavy atom.